The van der Waals surface area contributed by atoms with Gasteiger partial charge in [-0.1, -0.05) is 90.9 Å². The van der Waals surface area contributed by atoms with Gasteiger partial charge in [-0.25, -0.2) is 0 Å². The Labute approximate surface area is 128 Å². The van der Waals surface area contributed by atoms with Crippen molar-refractivity contribution in [2.45, 2.75) is 104 Å². The molecule has 0 bridgehead atoms. The second kappa shape index (κ2) is 24.0. The summed E-state index contributed by atoms with van der Waals surface area (Å²) in [7, 11) is 0. The average molecular weight is 289 g/mol. The SMILES string of the molecule is CCCCCCCCCCCC.OCCCCCCO. The van der Waals surface area contributed by atoms with Crippen LogP contribution in [0.25, 0.3) is 0 Å². The summed E-state index contributed by atoms with van der Waals surface area (Å²) in [4.78, 5) is 0. The van der Waals surface area contributed by atoms with E-state index < -0.39 is 0 Å². The number of hydrogen-bond donors (Lipinski definition) is 2. The van der Waals surface area contributed by atoms with Gasteiger partial charge in [0.1, 0.15) is 0 Å². The molecule has 0 aromatic heterocycles. The number of aliphatic hydroxyl groups excluding tert-OH is 2. The Morgan fingerprint density at radius 2 is 0.650 bits per heavy atom. The Bertz CT molecular complexity index is 121. The number of unbranched alkanes of at least 4 members (excludes halogenated alkanes) is 12. The monoisotopic (exact) mass is 288 g/mol. The Morgan fingerprint density at radius 1 is 0.400 bits per heavy atom. The molecule has 0 aliphatic heterocycles. The van der Waals surface area contributed by atoms with Crippen LogP contribution >= 0.6 is 0 Å². The van der Waals surface area contributed by atoms with E-state index in [2.05, 4.69) is 13.8 Å². The molecule has 2 heteroatoms. The van der Waals surface area contributed by atoms with Gasteiger partial charge in [0, 0.05) is 13.2 Å². The minimum absolute atomic E-state index is 0.283. The molecule has 0 atom stereocenters. The fourth-order valence-electron chi connectivity index (χ4n) is 2.14. The molecule has 0 spiro atoms. The van der Waals surface area contributed by atoms with Gasteiger partial charge in [-0.15, -0.1) is 0 Å². The van der Waals surface area contributed by atoms with Gasteiger partial charge in [-0.2, -0.15) is 0 Å². The molecule has 0 aliphatic rings. The van der Waals surface area contributed by atoms with Gasteiger partial charge in [0.2, 0.25) is 0 Å². The lowest BCUT2D eigenvalue weighted by atomic mass is 10.1. The normalized spacial score (nSPS) is 10.2. The molecule has 2 nitrogen and oxygen atoms in total. The highest BCUT2D eigenvalue weighted by Gasteiger charge is 1.90. The number of aliphatic hydroxyl groups is 2. The molecule has 0 amide bonds. The molecule has 0 fully saturated rings. The molecule has 0 aromatic carbocycles. The molecule has 20 heavy (non-hydrogen) atoms. The standard InChI is InChI=1S/C12H26.C6H14O2/c1-3-5-7-9-11-12-10-8-6-4-2;7-5-3-1-2-4-6-8/h3-12H2,1-2H3;7-8H,1-6H2. The lowest BCUT2D eigenvalue weighted by molar-refractivity contribution is 0.265. The second-order valence-electron chi connectivity index (χ2n) is 5.69. The third kappa shape index (κ3) is 26.5. The Kier molecular flexibility index (Phi) is 26.6. The van der Waals surface area contributed by atoms with Crippen molar-refractivity contribution in [2.75, 3.05) is 13.2 Å². The van der Waals surface area contributed by atoms with Crippen LogP contribution in [0.1, 0.15) is 104 Å². The maximum Gasteiger partial charge on any atom is 0.0431 e. The zero-order chi connectivity index (χ0) is 15.3. The molecule has 0 saturated carbocycles. The zero-order valence-corrected chi connectivity index (χ0v) is 14.2. The van der Waals surface area contributed by atoms with Crippen LogP contribution < -0.4 is 0 Å². The van der Waals surface area contributed by atoms with E-state index in [0.717, 1.165) is 25.7 Å². The predicted octanol–water partition coefficient (Wildman–Crippen LogP) is 5.46. The first-order chi connectivity index (χ1) is 9.83. The van der Waals surface area contributed by atoms with Crippen LogP contribution in [0.4, 0.5) is 0 Å². The van der Waals surface area contributed by atoms with E-state index in [0.29, 0.717) is 0 Å². The number of rotatable bonds is 14. The minimum Gasteiger partial charge on any atom is -0.396 e. The van der Waals surface area contributed by atoms with Crippen molar-refractivity contribution < 1.29 is 10.2 Å². The zero-order valence-electron chi connectivity index (χ0n) is 14.2. The summed E-state index contributed by atoms with van der Waals surface area (Å²) < 4.78 is 0. The highest BCUT2D eigenvalue weighted by atomic mass is 16.3. The van der Waals surface area contributed by atoms with Crippen molar-refractivity contribution in [2.24, 2.45) is 0 Å². The van der Waals surface area contributed by atoms with E-state index in [1.165, 1.54) is 64.2 Å². The first-order valence-electron chi connectivity index (χ1n) is 9.05. The van der Waals surface area contributed by atoms with Crippen molar-refractivity contribution in [3.8, 4) is 0 Å². The lowest BCUT2D eigenvalue weighted by Gasteiger charge is -1.99. The third-order valence-electron chi connectivity index (χ3n) is 3.52. The van der Waals surface area contributed by atoms with E-state index >= 15 is 0 Å². The topological polar surface area (TPSA) is 40.5 Å². The van der Waals surface area contributed by atoms with E-state index in [9.17, 15) is 0 Å². The Balaban J connectivity index is 0. The summed E-state index contributed by atoms with van der Waals surface area (Å²) >= 11 is 0. The summed E-state index contributed by atoms with van der Waals surface area (Å²) in [5.74, 6) is 0. The summed E-state index contributed by atoms with van der Waals surface area (Å²) in [6.45, 7) is 5.12. The van der Waals surface area contributed by atoms with Crippen molar-refractivity contribution in [3.63, 3.8) is 0 Å². The Morgan fingerprint density at radius 3 is 0.900 bits per heavy atom. The van der Waals surface area contributed by atoms with Crippen molar-refractivity contribution in [1.82, 2.24) is 0 Å². The quantitative estimate of drug-likeness (QED) is 0.417. The molecule has 124 valence electrons. The summed E-state index contributed by atoms with van der Waals surface area (Å²) in [5.41, 5.74) is 0. The largest absolute Gasteiger partial charge is 0.396 e. The van der Waals surface area contributed by atoms with Crippen molar-refractivity contribution in [3.05, 3.63) is 0 Å². The average Bonchev–Trinajstić information content (AvgIpc) is 2.47. The van der Waals surface area contributed by atoms with Gasteiger partial charge in [0.05, 0.1) is 0 Å². The minimum atomic E-state index is 0.283. The smallest absolute Gasteiger partial charge is 0.0431 e. The summed E-state index contributed by atoms with van der Waals surface area (Å²) in [5, 5.41) is 16.6. The molecule has 0 aromatic rings. The molecular weight excluding hydrogens is 248 g/mol. The van der Waals surface area contributed by atoms with Crippen molar-refractivity contribution in [1.29, 1.82) is 0 Å². The molecule has 0 unspecified atom stereocenters. The van der Waals surface area contributed by atoms with Gasteiger partial charge >= 0.3 is 0 Å². The molecule has 2 N–H and O–H groups in total. The van der Waals surface area contributed by atoms with Gasteiger partial charge in [-0.3, -0.25) is 0 Å². The van der Waals surface area contributed by atoms with Gasteiger partial charge in [0.25, 0.3) is 0 Å². The molecule has 0 radical (unpaired) electrons. The number of hydrogen-bond acceptors (Lipinski definition) is 2. The van der Waals surface area contributed by atoms with Crippen LogP contribution in [0.5, 0.6) is 0 Å². The molecular formula is C18H40O2. The highest BCUT2D eigenvalue weighted by Crippen LogP contribution is 2.09. The van der Waals surface area contributed by atoms with Gasteiger partial charge < -0.3 is 10.2 Å². The second-order valence-corrected chi connectivity index (χ2v) is 5.69. The Hall–Kier alpha value is -0.0800. The summed E-state index contributed by atoms with van der Waals surface area (Å²) in [6, 6.07) is 0. The van der Waals surface area contributed by atoms with Crippen LogP contribution in [-0.2, 0) is 0 Å². The fraction of sp³-hybridized carbons (Fsp3) is 1.00. The summed E-state index contributed by atoms with van der Waals surface area (Å²) in [6.07, 6.45) is 18.3. The van der Waals surface area contributed by atoms with E-state index in [1.54, 1.807) is 0 Å². The van der Waals surface area contributed by atoms with Crippen LogP contribution in [0, 0.1) is 0 Å². The highest BCUT2D eigenvalue weighted by molar-refractivity contribution is 4.45. The van der Waals surface area contributed by atoms with E-state index in [4.69, 9.17) is 10.2 Å². The fourth-order valence-corrected chi connectivity index (χ4v) is 2.14. The lowest BCUT2D eigenvalue weighted by Crippen LogP contribution is -1.85. The maximum absolute atomic E-state index is 8.30. The predicted molar refractivity (Wildman–Crippen MR) is 90.2 cm³/mol. The molecule has 0 saturated heterocycles. The van der Waals surface area contributed by atoms with Crippen LogP contribution in [0.2, 0.25) is 0 Å². The van der Waals surface area contributed by atoms with Crippen LogP contribution in [0.15, 0.2) is 0 Å². The van der Waals surface area contributed by atoms with Gasteiger partial charge in [-0.05, 0) is 12.8 Å². The van der Waals surface area contributed by atoms with E-state index in [1.807, 2.05) is 0 Å². The van der Waals surface area contributed by atoms with E-state index in [-0.39, 0.29) is 13.2 Å². The third-order valence-corrected chi connectivity index (χ3v) is 3.52. The van der Waals surface area contributed by atoms with Crippen molar-refractivity contribution >= 4 is 0 Å². The van der Waals surface area contributed by atoms with Crippen LogP contribution in [0.3, 0.4) is 0 Å². The van der Waals surface area contributed by atoms with Gasteiger partial charge in [0.15, 0.2) is 0 Å². The molecule has 0 heterocycles. The van der Waals surface area contributed by atoms with Crippen LogP contribution in [-0.4, -0.2) is 23.4 Å². The first-order valence-corrected chi connectivity index (χ1v) is 9.05. The maximum atomic E-state index is 8.30. The first kappa shape index (κ1) is 22.2. The molecule has 0 aliphatic carbocycles. The molecule has 0 rings (SSSR count).